The molecule has 2 rings (SSSR count). The van der Waals surface area contributed by atoms with Gasteiger partial charge in [0.15, 0.2) is 0 Å². The van der Waals surface area contributed by atoms with Gasteiger partial charge < -0.3 is 5.32 Å². The monoisotopic (exact) mass is 383 g/mol. The van der Waals surface area contributed by atoms with Crippen LogP contribution in [0.4, 0.5) is 4.39 Å². The predicted octanol–water partition coefficient (Wildman–Crippen LogP) is 4.66. The lowest BCUT2D eigenvalue weighted by molar-refractivity contribution is 0.571. The second-order valence-corrected chi connectivity index (χ2v) is 6.26. The number of aryl methyl sites for hydroxylation is 3. The zero-order valence-electron chi connectivity index (χ0n) is 12.2. The van der Waals surface area contributed by atoms with E-state index >= 15 is 0 Å². The fraction of sp³-hybridized carbons (Fsp3) is 0.294. The summed E-state index contributed by atoms with van der Waals surface area (Å²) in [6.07, 6.45) is 0. The second kappa shape index (κ2) is 6.22. The molecule has 1 nitrogen and oxygen atoms in total. The molecule has 0 saturated heterocycles. The molecule has 0 aromatic heterocycles. The Hall–Kier alpha value is -0.940. The van der Waals surface area contributed by atoms with Crippen LogP contribution in [0.25, 0.3) is 0 Å². The zero-order chi connectivity index (χ0) is 14.9. The molecule has 20 heavy (non-hydrogen) atoms. The van der Waals surface area contributed by atoms with Crippen molar-refractivity contribution in [2.24, 2.45) is 0 Å². The lowest BCUT2D eigenvalue weighted by Crippen LogP contribution is -2.21. The van der Waals surface area contributed by atoms with Gasteiger partial charge in [0.05, 0.1) is 6.04 Å². The van der Waals surface area contributed by atoms with Gasteiger partial charge in [0.1, 0.15) is 5.82 Å². The van der Waals surface area contributed by atoms with Crippen molar-refractivity contribution in [1.82, 2.24) is 5.32 Å². The van der Waals surface area contributed by atoms with Gasteiger partial charge in [-0.05, 0) is 78.7 Å². The van der Waals surface area contributed by atoms with Gasteiger partial charge in [-0.25, -0.2) is 4.39 Å². The van der Waals surface area contributed by atoms with Crippen LogP contribution < -0.4 is 5.32 Å². The van der Waals surface area contributed by atoms with Crippen LogP contribution in [-0.2, 0) is 0 Å². The molecule has 0 aliphatic carbocycles. The highest BCUT2D eigenvalue weighted by atomic mass is 127. The summed E-state index contributed by atoms with van der Waals surface area (Å²) in [5.74, 6) is -0.140. The van der Waals surface area contributed by atoms with E-state index in [0.717, 1.165) is 22.3 Å². The third-order valence-electron chi connectivity index (χ3n) is 3.59. The van der Waals surface area contributed by atoms with Crippen molar-refractivity contribution in [3.8, 4) is 0 Å². The fourth-order valence-corrected chi connectivity index (χ4v) is 3.31. The minimum Gasteiger partial charge on any atom is -0.309 e. The molecule has 0 amide bonds. The number of benzene rings is 2. The first kappa shape index (κ1) is 15.4. The van der Waals surface area contributed by atoms with Crippen LogP contribution in [0, 0.1) is 30.2 Å². The summed E-state index contributed by atoms with van der Waals surface area (Å²) >= 11 is 2.34. The van der Waals surface area contributed by atoms with Crippen LogP contribution in [0.15, 0.2) is 30.3 Å². The molecule has 0 heterocycles. The van der Waals surface area contributed by atoms with Crippen LogP contribution in [0.2, 0.25) is 0 Å². The molecule has 0 bridgehead atoms. The largest absolute Gasteiger partial charge is 0.309 e. The highest BCUT2D eigenvalue weighted by molar-refractivity contribution is 14.1. The van der Waals surface area contributed by atoms with Crippen molar-refractivity contribution in [2.75, 3.05) is 7.05 Å². The van der Waals surface area contributed by atoms with E-state index < -0.39 is 0 Å². The van der Waals surface area contributed by atoms with E-state index in [4.69, 9.17) is 0 Å². The predicted molar refractivity (Wildman–Crippen MR) is 90.7 cm³/mol. The molecule has 0 saturated carbocycles. The van der Waals surface area contributed by atoms with E-state index in [2.05, 4.69) is 47.0 Å². The van der Waals surface area contributed by atoms with Crippen LogP contribution in [-0.4, -0.2) is 7.05 Å². The normalized spacial score (nSPS) is 12.5. The summed E-state index contributed by atoms with van der Waals surface area (Å²) < 4.78 is 15.6. The molecule has 0 fully saturated rings. The Labute approximate surface area is 133 Å². The van der Waals surface area contributed by atoms with Crippen molar-refractivity contribution in [3.63, 3.8) is 0 Å². The summed E-state index contributed by atoms with van der Waals surface area (Å²) in [4.78, 5) is 0. The van der Waals surface area contributed by atoms with Gasteiger partial charge in [-0.1, -0.05) is 24.3 Å². The van der Waals surface area contributed by atoms with Crippen molar-refractivity contribution in [2.45, 2.75) is 26.8 Å². The molecule has 3 heteroatoms. The summed E-state index contributed by atoms with van der Waals surface area (Å²) in [6.45, 7) is 5.97. The molecule has 0 aliphatic heterocycles. The number of halogens is 2. The second-order valence-electron chi connectivity index (χ2n) is 5.18. The molecule has 106 valence electrons. The Morgan fingerprint density at radius 3 is 2.40 bits per heavy atom. The molecule has 1 N–H and O–H groups in total. The van der Waals surface area contributed by atoms with E-state index in [1.165, 1.54) is 9.13 Å². The smallest absolute Gasteiger partial charge is 0.128 e. The summed E-state index contributed by atoms with van der Waals surface area (Å²) in [6, 6.07) is 9.69. The molecule has 1 atom stereocenters. The number of hydrogen-bond acceptors (Lipinski definition) is 1. The molecule has 1 unspecified atom stereocenters. The van der Waals surface area contributed by atoms with Gasteiger partial charge in [-0.15, -0.1) is 0 Å². The van der Waals surface area contributed by atoms with Crippen molar-refractivity contribution >= 4 is 22.6 Å². The van der Waals surface area contributed by atoms with E-state index in [1.54, 1.807) is 6.07 Å². The Kier molecular flexibility index (Phi) is 4.81. The maximum Gasteiger partial charge on any atom is 0.128 e. The van der Waals surface area contributed by atoms with Crippen LogP contribution in [0.5, 0.6) is 0 Å². The van der Waals surface area contributed by atoms with Crippen LogP contribution in [0.3, 0.4) is 0 Å². The van der Waals surface area contributed by atoms with Gasteiger partial charge >= 0.3 is 0 Å². The first-order valence-electron chi connectivity index (χ1n) is 6.64. The van der Waals surface area contributed by atoms with Crippen molar-refractivity contribution in [1.29, 1.82) is 0 Å². The first-order chi connectivity index (χ1) is 9.45. The van der Waals surface area contributed by atoms with E-state index in [9.17, 15) is 4.39 Å². The molecule has 2 aromatic rings. The third-order valence-corrected chi connectivity index (χ3v) is 5.06. The Balaban J connectivity index is 2.62. The van der Waals surface area contributed by atoms with Gasteiger partial charge in [0.25, 0.3) is 0 Å². The van der Waals surface area contributed by atoms with Gasteiger partial charge in [0, 0.05) is 9.13 Å². The topological polar surface area (TPSA) is 12.0 Å². The van der Waals surface area contributed by atoms with Crippen molar-refractivity contribution < 1.29 is 4.39 Å². The number of hydrogen-bond donors (Lipinski definition) is 1. The summed E-state index contributed by atoms with van der Waals surface area (Å²) in [7, 11) is 1.88. The lowest BCUT2D eigenvalue weighted by atomic mass is 9.92. The lowest BCUT2D eigenvalue weighted by Gasteiger charge is -2.22. The highest BCUT2D eigenvalue weighted by Gasteiger charge is 2.21. The zero-order valence-corrected chi connectivity index (χ0v) is 14.4. The molecular formula is C17H19FIN. The maximum atomic E-state index is 14.4. The minimum atomic E-state index is -0.140. The SMILES string of the molecule is CNC(c1cccc(C)c1I)c1c(C)cc(C)cc1F. The van der Waals surface area contributed by atoms with Gasteiger partial charge in [-0.3, -0.25) is 0 Å². The average Bonchev–Trinajstić information content (AvgIpc) is 2.37. The minimum absolute atomic E-state index is 0.123. The van der Waals surface area contributed by atoms with Crippen LogP contribution in [0.1, 0.15) is 33.9 Å². The third kappa shape index (κ3) is 2.88. The van der Waals surface area contributed by atoms with Crippen molar-refractivity contribution in [3.05, 3.63) is 67.5 Å². The molecule has 0 aliphatic rings. The van der Waals surface area contributed by atoms with E-state index in [1.807, 2.05) is 33.0 Å². The van der Waals surface area contributed by atoms with Crippen LogP contribution >= 0.6 is 22.6 Å². The number of rotatable bonds is 3. The fourth-order valence-electron chi connectivity index (χ4n) is 2.64. The highest BCUT2D eigenvalue weighted by Crippen LogP contribution is 2.31. The molecule has 2 aromatic carbocycles. The molecule has 0 spiro atoms. The standard InChI is InChI=1S/C17H19FIN/c1-10-8-12(3)15(14(18)9-10)17(20-4)13-7-5-6-11(2)16(13)19/h5-9,17,20H,1-4H3. The quantitative estimate of drug-likeness (QED) is 0.760. The molecule has 0 radical (unpaired) electrons. The Bertz CT molecular complexity index is 614. The molecular weight excluding hydrogens is 364 g/mol. The van der Waals surface area contributed by atoms with Gasteiger partial charge in [-0.2, -0.15) is 0 Å². The average molecular weight is 383 g/mol. The Morgan fingerprint density at radius 1 is 1.10 bits per heavy atom. The summed E-state index contributed by atoms with van der Waals surface area (Å²) in [5.41, 5.74) is 5.02. The number of nitrogens with one attached hydrogen (secondary N) is 1. The Morgan fingerprint density at radius 2 is 1.80 bits per heavy atom. The summed E-state index contributed by atoms with van der Waals surface area (Å²) in [5, 5.41) is 3.26. The van der Waals surface area contributed by atoms with E-state index in [0.29, 0.717) is 0 Å². The van der Waals surface area contributed by atoms with Gasteiger partial charge in [0.2, 0.25) is 0 Å². The van der Waals surface area contributed by atoms with E-state index in [-0.39, 0.29) is 11.9 Å². The maximum absolute atomic E-state index is 14.4. The first-order valence-corrected chi connectivity index (χ1v) is 7.72.